The van der Waals surface area contributed by atoms with E-state index >= 15 is 0 Å². The normalized spacial score (nSPS) is 17.6. The van der Waals surface area contributed by atoms with Crippen LogP contribution in [0.25, 0.3) is 0 Å². The Morgan fingerprint density at radius 1 is 1.27 bits per heavy atom. The monoisotopic (exact) mass is 324 g/mol. The van der Waals surface area contributed by atoms with Gasteiger partial charge in [0.15, 0.2) is 0 Å². The quantitative estimate of drug-likeness (QED) is 0.809. The lowest BCUT2D eigenvalue weighted by molar-refractivity contribution is -0.122. The van der Waals surface area contributed by atoms with Crippen molar-refractivity contribution in [1.82, 2.24) is 5.32 Å². The molecule has 1 aromatic carbocycles. The Morgan fingerprint density at radius 3 is 2.50 bits per heavy atom. The minimum Gasteiger partial charge on any atom is -0.349 e. The molecule has 2 atom stereocenters. The number of sulfonamides is 1. The van der Waals surface area contributed by atoms with E-state index in [0.717, 1.165) is 11.8 Å². The number of amides is 1. The minimum absolute atomic E-state index is 0.0149. The zero-order chi connectivity index (χ0) is 16.3. The molecule has 0 aliphatic heterocycles. The number of anilines is 1. The highest BCUT2D eigenvalue weighted by molar-refractivity contribution is 7.92. The number of hydrogen-bond acceptors (Lipinski definition) is 3. The van der Waals surface area contributed by atoms with Crippen LogP contribution >= 0.6 is 0 Å². The highest BCUT2D eigenvalue weighted by atomic mass is 32.2. The molecular formula is C16H24N2O3S. The van der Waals surface area contributed by atoms with Gasteiger partial charge in [0.05, 0.1) is 18.0 Å². The van der Waals surface area contributed by atoms with E-state index in [1.807, 2.05) is 19.1 Å². The third-order valence-electron chi connectivity index (χ3n) is 4.03. The van der Waals surface area contributed by atoms with Crippen molar-refractivity contribution >= 4 is 21.6 Å². The largest absolute Gasteiger partial charge is 0.349 e. The zero-order valence-electron chi connectivity index (χ0n) is 13.3. The molecule has 0 spiro atoms. The van der Waals surface area contributed by atoms with Crippen molar-refractivity contribution in [1.29, 1.82) is 0 Å². The van der Waals surface area contributed by atoms with Gasteiger partial charge >= 0.3 is 0 Å². The number of carbonyl (C=O) groups excluding carboxylic acids is 1. The first kappa shape index (κ1) is 16.8. The standard InChI is InChI=1S/C16H24N2O3S/c1-11(13-8-9-13)10-16(19)17-12(2)14-6-4-5-7-15(14)18-22(3,20)21/h4-7,11-13,18H,8-10H2,1-3H3,(H,17,19)/t11-,12+/m1/s1. The highest BCUT2D eigenvalue weighted by Gasteiger charge is 2.29. The third kappa shape index (κ3) is 5.02. The second kappa shape index (κ2) is 6.69. The molecule has 6 heteroatoms. The number of para-hydroxylation sites is 1. The van der Waals surface area contributed by atoms with Crippen LogP contribution in [0.2, 0.25) is 0 Å². The Balaban J connectivity index is 2.02. The average molecular weight is 324 g/mol. The summed E-state index contributed by atoms with van der Waals surface area (Å²) in [4.78, 5) is 12.1. The first-order chi connectivity index (χ1) is 10.3. The fourth-order valence-corrected chi connectivity index (χ4v) is 3.26. The van der Waals surface area contributed by atoms with Crippen LogP contribution in [0.4, 0.5) is 5.69 Å². The van der Waals surface area contributed by atoms with Gasteiger partial charge in [-0.2, -0.15) is 0 Å². The van der Waals surface area contributed by atoms with Crippen molar-refractivity contribution in [3.05, 3.63) is 29.8 Å². The van der Waals surface area contributed by atoms with E-state index in [1.165, 1.54) is 12.8 Å². The number of carbonyl (C=O) groups is 1. The molecule has 0 saturated heterocycles. The minimum atomic E-state index is -3.35. The van der Waals surface area contributed by atoms with Crippen molar-refractivity contribution in [2.45, 2.75) is 39.2 Å². The summed E-state index contributed by atoms with van der Waals surface area (Å²) in [7, 11) is -3.35. The Bertz CT molecular complexity index is 639. The van der Waals surface area contributed by atoms with E-state index in [1.54, 1.807) is 12.1 Å². The number of rotatable bonds is 7. The molecule has 1 saturated carbocycles. The Morgan fingerprint density at radius 2 is 1.91 bits per heavy atom. The van der Waals surface area contributed by atoms with Crippen LogP contribution < -0.4 is 10.0 Å². The van der Waals surface area contributed by atoms with E-state index < -0.39 is 10.0 Å². The third-order valence-corrected chi connectivity index (χ3v) is 4.62. The summed E-state index contributed by atoms with van der Waals surface area (Å²) < 4.78 is 25.3. The lowest BCUT2D eigenvalue weighted by Gasteiger charge is -2.19. The molecule has 1 amide bonds. The van der Waals surface area contributed by atoms with Crippen molar-refractivity contribution < 1.29 is 13.2 Å². The zero-order valence-corrected chi connectivity index (χ0v) is 14.1. The lowest BCUT2D eigenvalue weighted by Crippen LogP contribution is -2.29. The van der Waals surface area contributed by atoms with Crippen molar-refractivity contribution in [2.75, 3.05) is 11.0 Å². The van der Waals surface area contributed by atoms with E-state index in [2.05, 4.69) is 17.0 Å². The molecule has 1 aliphatic rings. The SMILES string of the molecule is C[C@H](NC(=O)C[C@@H](C)C1CC1)c1ccccc1NS(C)(=O)=O. The van der Waals surface area contributed by atoms with Gasteiger partial charge in [0.1, 0.15) is 0 Å². The van der Waals surface area contributed by atoms with E-state index in [0.29, 0.717) is 23.9 Å². The van der Waals surface area contributed by atoms with Crippen molar-refractivity contribution in [3.63, 3.8) is 0 Å². The predicted molar refractivity (Wildman–Crippen MR) is 88.0 cm³/mol. The second-order valence-corrected chi connectivity index (χ2v) is 8.02. The van der Waals surface area contributed by atoms with Gasteiger partial charge < -0.3 is 5.32 Å². The van der Waals surface area contributed by atoms with Crippen LogP contribution in [0.3, 0.4) is 0 Å². The molecule has 1 aliphatic carbocycles. The summed E-state index contributed by atoms with van der Waals surface area (Å²) >= 11 is 0. The smallest absolute Gasteiger partial charge is 0.229 e. The summed E-state index contributed by atoms with van der Waals surface area (Å²) in [5.74, 6) is 1.12. The van der Waals surface area contributed by atoms with Crippen LogP contribution in [0, 0.1) is 11.8 Å². The van der Waals surface area contributed by atoms with Crippen LogP contribution in [-0.2, 0) is 14.8 Å². The van der Waals surface area contributed by atoms with Crippen molar-refractivity contribution in [2.24, 2.45) is 11.8 Å². The molecule has 0 radical (unpaired) electrons. The predicted octanol–water partition coefficient (Wildman–Crippen LogP) is 2.67. The van der Waals surface area contributed by atoms with Crippen LogP contribution in [-0.4, -0.2) is 20.6 Å². The average Bonchev–Trinajstić information content (AvgIpc) is 3.21. The summed E-state index contributed by atoms with van der Waals surface area (Å²) in [5, 5.41) is 2.96. The molecule has 5 nitrogen and oxygen atoms in total. The number of benzene rings is 1. The Labute approximate surface area is 132 Å². The topological polar surface area (TPSA) is 75.3 Å². The van der Waals surface area contributed by atoms with E-state index in [4.69, 9.17) is 0 Å². The maximum absolute atomic E-state index is 12.1. The van der Waals surface area contributed by atoms with Gasteiger partial charge in [-0.15, -0.1) is 0 Å². The van der Waals surface area contributed by atoms with Gasteiger partial charge in [0.25, 0.3) is 0 Å². The molecular weight excluding hydrogens is 300 g/mol. The molecule has 0 aromatic heterocycles. The van der Waals surface area contributed by atoms with E-state index in [-0.39, 0.29) is 11.9 Å². The first-order valence-corrected chi connectivity index (χ1v) is 9.51. The van der Waals surface area contributed by atoms with Crippen LogP contribution in [0.1, 0.15) is 44.7 Å². The van der Waals surface area contributed by atoms with Gasteiger partial charge in [-0.3, -0.25) is 9.52 Å². The Hall–Kier alpha value is -1.56. The van der Waals surface area contributed by atoms with Gasteiger partial charge in [-0.05, 0) is 43.2 Å². The summed E-state index contributed by atoms with van der Waals surface area (Å²) in [6.45, 7) is 3.98. The number of hydrogen-bond donors (Lipinski definition) is 2. The van der Waals surface area contributed by atoms with Crippen molar-refractivity contribution in [3.8, 4) is 0 Å². The maximum Gasteiger partial charge on any atom is 0.229 e. The number of nitrogens with one attached hydrogen (secondary N) is 2. The van der Waals surface area contributed by atoms with Gasteiger partial charge in [-0.25, -0.2) is 8.42 Å². The molecule has 122 valence electrons. The molecule has 1 fully saturated rings. The van der Waals surface area contributed by atoms with E-state index in [9.17, 15) is 13.2 Å². The second-order valence-electron chi connectivity index (χ2n) is 6.27. The molecule has 0 bridgehead atoms. The molecule has 0 unspecified atom stereocenters. The fourth-order valence-electron chi connectivity index (χ4n) is 2.67. The summed E-state index contributed by atoms with van der Waals surface area (Å²) in [5.41, 5.74) is 1.27. The molecule has 1 aromatic rings. The first-order valence-electron chi connectivity index (χ1n) is 7.62. The highest BCUT2D eigenvalue weighted by Crippen LogP contribution is 2.38. The summed E-state index contributed by atoms with van der Waals surface area (Å²) in [6.07, 6.45) is 4.09. The molecule has 2 N–H and O–H groups in total. The Kier molecular flexibility index (Phi) is 5.11. The molecule has 0 heterocycles. The molecule has 2 rings (SSSR count). The van der Waals surface area contributed by atoms with Gasteiger partial charge in [-0.1, -0.05) is 25.1 Å². The fraction of sp³-hybridized carbons (Fsp3) is 0.562. The van der Waals surface area contributed by atoms with Crippen LogP contribution in [0.15, 0.2) is 24.3 Å². The maximum atomic E-state index is 12.1. The van der Waals surface area contributed by atoms with Crippen LogP contribution in [0.5, 0.6) is 0 Å². The molecule has 22 heavy (non-hydrogen) atoms. The lowest BCUT2D eigenvalue weighted by atomic mass is 10.0. The summed E-state index contributed by atoms with van der Waals surface area (Å²) in [6, 6.07) is 6.87. The van der Waals surface area contributed by atoms with Gasteiger partial charge in [0.2, 0.25) is 15.9 Å². The van der Waals surface area contributed by atoms with Gasteiger partial charge in [0, 0.05) is 6.42 Å².